The van der Waals surface area contributed by atoms with E-state index in [1.54, 1.807) is 0 Å². The lowest BCUT2D eigenvalue weighted by Gasteiger charge is -2.36. The Morgan fingerprint density at radius 3 is 2.63 bits per heavy atom. The molecule has 0 bridgehead atoms. The predicted octanol–water partition coefficient (Wildman–Crippen LogP) is 1.92. The zero-order chi connectivity index (χ0) is 25.9. The Labute approximate surface area is 201 Å². The number of fused-ring (bicyclic) bond motifs is 1. The molecule has 192 valence electrons. The van der Waals surface area contributed by atoms with Gasteiger partial charge in [0.05, 0.1) is 11.4 Å². The normalized spacial score (nSPS) is 27.0. The van der Waals surface area contributed by atoms with Crippen molar-refractivity contribution >= 4 is 45.8 Å². The summed E-state index contributed by atoms with van der Waals surface area (Å²) >= 11 is 6.11. The van der Waals surface area contributed by atoms with Gasteiger partial charge in [0, 0.05) is 30.5 Å². The summed E-state index contributed by atoms with van der Waals surface area (Å²) in [4.78, 5) is 21.9. The molecule has 1 saturated heterocycles. The number of aliphatic hydroxyl groups is 1. The Balaban J connectivity index is 1.65. The van der Waals surface area contributed by atoms with Gasteiger partial charge in [0.2, 0.25) is 0 Å². The molecule has 11 nitrogen and oxygen atoms in total. The summed E-state index contributed by atoms with van der Waals surface area (Å²) in [5.41, 5.74) is -1.53. The van der Waals surface area contributed by atoms with Crippen LogP contribution in [-0.2, 0) is 19.1 Å². The summed E-state index contributed by atoms with van der Waals surface area (Å²) in [6.45, 7) is 0. The fourth-order valence-electron chi connectivity index (χ4n) is 4.19. The van der Waals surface area contributed by atoms with E-state index in [1.807, 2.05) is 6.07 Å². The Bertz CT molecular complexity index is 1350. The topological polar surface area (TPSA) is 175 Å². The number of aromatic nitrogens is 2. The van der Waals surface area contributed by atoms with Gasteiger partial charge in [0.15, 0.2) is 32.9 Å². The fraction of sp³-hybridized carbons (Fsp3) is 0.556. The fourth-order valence-corrected chi connectivity index (χ4v) is 7.65. The molecule has 2 aliphatic rings. The van der Waals surface area contributed by atoms with E-state index in [0.29, 0.717) is 0 Å². The molecule has 1 saturated carbocycles. The summed E-state index contributed by atoms with van der Waals surface area (Å²) in [6, 6.07) is 2.60. The van der Waals surface area contributed by atoms with E-state index in [1.165, 1.54) is 12.3 Å². The molecule has 0 aromatic carbocycles. The Morgan fingerprint density at radius 2 is 2.06 bits per heavy atom. The zero-order valence-electron chi connectivity index (χ0n) is 17.6. The van der Waals surface area contributed by atoms with E-state index in [4.69, 9.17) is 26.1 Å². The van der Waals surface area contributed by atoms with Crippen molar-refractivity contribution in [1.82, 2.24) is 9.55 Å². The summed E-state index contributed by atoms with van der Waals surface area (Å²) in [7, 11) is -9.36. The highest BCUT2D eigenvalue weighted by molar-refractivity contribution is 7.97. The minimum Gasteiger partial charge on any atom is -0.387 e. The summed E-state index contributed by atoms with van der Waals surface area (Å²) < 4.78 is 83.3. The van der Waals surface area contributed by atoms with Crippen molar-refractivity contribution in [2.45, 2.75) is 49.4 Å². The zero-order valence-corrected chi connectivity index (χ0v) is 20.0. The second-order valence-electron chi connectivity index (χ2n) is 8.53. The minimum atomic E-state index is -4.94. The van der Waals surface area contributed by atoms with E-state index >= 15 is 0 Å². The predicted molar refractivity (Wildman–Crippen MR) is 117 cm³/mol. The number of ether oxygens (including phenoxy) is 1. The van der Waals surface area contributed by atoms with E-state index in [0.717, 1.165) is 4.57 Å². The second kappa shape index (κ2) is 8.88. The molecule has 2 aromatic heterocycles. The number of nitriles is 1. The number of halogens is 4. The number of nitrogens with one attached hydrogen (secondary N) is 1. The Morgan fingerprint density at radius 1 is 1.40 bits per heavy atom. The van der Waals surface area contributed by atoms with Crippen LogP contribution in [0, 0.1) is 11.3 Å². The van der Waals surface area contributed by atoms with Crippen LogP contribution in [-0.4, -0.2) is 74.5 Å². The molecular formula is C18H19ClF3N4O7PS. The summed E-state index contributed by atoms with van der Waals surface area (Å²) in [5, 5.41) is 22.5. The first-order chi connectivity index (χ1) is 16.1. The van der Waals surface area contributed by atoms with Crippen molar-refractivity contribution < 1.29 is 45.8 Å². The van der Waals surface area contributed by atoms with E-state index < -0.39 is 78.1 Å². The molecule has 4 N–H and O–H groups in total. The highest BCUT2D eigenvalue weighted by Crippen LogP contribution is 2.43. The van der Waals surface area contributed by atoms with Gasteiger partial charge in [-0.1, -0.05) is 11.6 Å². The average Bonchev–Trinajstić information content (AvgIpc) is 3.20. The van der Waals surface area contributed by atoms with Crippen molar-refractivity contribution in [3.8, 4) is 6.07 Å². The molecule has 0 amide bonds. The van der Waals surface area contributed by atoms with Crippen molar-refractivity contribution in [2.75, 3.05) is 16.6 Å². The summed E-state index contributed by atoms with van der Waals surface area (Å²) in [5.74, 6) is -3.89. The molecule has 0 radical (unpaired) electrons. The first kappa shape index (κ1) is 26.2. The van der Waals surface area contributed by atoms with Crippen LogP contribution >= 0.6 is 19.2 Å². The number of nitrogens with zero attached hydrogens (tertiary/aromatic N) is 3. The van der Waals surface area contributed by atoms with Gasteiger partial charge in [-0.2, -0.15) is 5.26 Å². The lowest BCUT2D eigenvalue weighted by molar-refractivity contribution is -0.0793. The third kappa shape index (κ3) is 5.29. The number of aliphatic hydroxyl groups excluding tert-OH is 1. The van der Waals surface area contributed by atoms with Crippen LogP contribution < -0.4 is 5.32 Å². The number of pyridine rings is 1. The van der Waals surface area contributed by atoms with Crippen molar-refractivity contribution in [2.24, 2.45) is 0 Å². The molecule has 3 heterocycles. The van der Waals surface area contributed by atoms with Gasteiger partial charge < -0.3 is 29.5 Å². The summed E-state index contributed by atoms with van der Waals surface area (Å²) in [6.07, 6.45) is -7.01. The van der Waals surface area contributed by atoms with Gasteiger partial charge in [-0.15, -0.1) is 0 Å². The third-order valence-electron chi connectivity index (χ3n) is 5.72. The van der Waals surface area contributed by atoms with Crippen molar-refractivity contribution in [1.29, 1.82) is 5.26 Å². The maximum Gasteiger partial charge on any atom is 0.340 e. The van der Waals surface area contributed by atoms with Crippen LogP contribution in [0.15, 0.2) is 12.3 Å². The standard InChI is InChI=1S/C18H19ClF3N4O7PS/c19-15-10(5-23)13(24-8-3-18(21,22)4-8)9-1-2-26(16(9)25-15)17-12(20)14(27)11(33-17)6-35(31,32)7-34(28,29)30/h1-2,8,11-12,14,17,27H,3-4,6-7H2,(H,24,25)(H2,28,29,30)/t11-,12+,14-,17-/m1/s1. The van der Waals surface area contributed by atoms with Crippen LogP contribution in [0.3, 0.4) is 0 Å². The molecule has 0 spiro atoms. The molecule has 35 heavy (non-hydrogen) atoms. The first-order valence-corrected chi connectivity index (χ1v) is 14.1. The quantitative estimate of drug-likeness (QED) is 0.290. The van der Waals surface area contributed by atoms with Gasteiger partial charge in [0.25, 0.3) is 5.92 Å². The molecule has 4 rings (SSSR count). The van der Waals surface area contributed by atoms with Crippen LogP contribution in [0.1, 0.15) is 24.6 Å². The number of anilines is 1. The van der Waals surface area contributed by atoms with Gasteiger partial charge in [-0.3, -0.25) is 4.57 Å². The van der Waals surface area contributed by atoms with Crippen LogP contribution in [0.5, 0.6) is 0 Å². The third-order valence-corrected chi connectivity index (χ3v) is 9.75. The molecule has 1 aliphatic carbocycles. The van der Waals surface area contributed by atoms with Gasteiger partial charge in [0.1, 0.15) is 29.5 Å². The van der Waals surface area contributed by atoms with Crippen molar-refractivity contribution in [3.05, 3.63) is 23.0 Å². The molecule has 1 aliphatic heterocycles. The second-order valence-corrected chi connectivity index (χ2v) is 13.1. The van der Waals surface area contributed by atoms with E-state index in [2.05, 4.69) is 10.3 Å². The maximum atomic E-state index is 15.0. The highest BCUT2D eigenvalue weighted by atomic mass is 35.5. The molecular weight excluding hydrogens is 540 g/mol. The maximum absolute atomic E-state index is 15.0. The minimum absolute atomic E-state index is 0.0267. The number of hydrogen-bond donors (Lipinski definition) is 4. The Kier molecular flexibility index (Phi) is 6.63. The lowest BCUT2D eigenvalue weighted by atomic mass is 9.88. The van der Waals surface area contributed by atoms with Crippen LogP contribution in [0.4, 0.5) is 18.9 Å². The van der Waals surface area contributed by atoms with Crippen LogP contribution in [0.25, 0.3) is 11.0 Å². The number of sulfone groups is 1. The molecule has 17 heteroatoms. The SMILES string of the molecule is N#Cc1c(Cl)nc2c(ccn2[C@@H]2O[C@H](CS(=O)(=O)CP(=O)(O)O)[C@@H](O)[C@@H]2F)c1NC1CC(F)(F)C1. The van der Waals surface area contributed by atoms with E-state index in [9.17, 15) is 36.5 Å². The smallest absolute Gasteiger partial charge is 0.340 e. The van der Waals surface area contributed by atoms with Gasteiger partial charge >= 0.3 is 7.60 Å². The van der Waals surface area contributed by atoms with Gasteiger partial charge in [-0.25, -0.2) is 26.6 Å². The molecule has 2 fully saturated rings. The molecule has 4 atom stereocenters. The van der Waals surface area contributed by atoms with Gasteiger partial charge in [-0.05, 0) is 6.07 Å². The van der Waals surface area contributed by atoms with Crippen molar-refractivity contribution in [3.63, 3.8) is 0 Å². The lowest BCUT2D eigenvalue weighted by Crippen LogP contribution is -2.44. The number of alkyl halides is 3. The first-order valence-electron chi connectivity index (χ1n) is 10.1. The number of hydrogen-bond acceptors (Lipinski definition) is 8. The van der Waals surface area contributed by atoms with E-state index in [-0.39, 0.29) is 27.4 Å². The van der Waals surface area contributed by atoms with Crippen LogP contribution in [0.2, 0.25) is 5.15 Å². The molecule has 2 aromatic rings. The largest absolute Gasteiger partial charge is 0.387 e. The molecule has 0 unspecified atom stereocenters. The highest BCUT2D eigenvalue weighted by Gasteiger charge is 2.48. The monoisotopic (exact) mass is 558 g/mol. The number of rotatable bonds is 7. The Hall–Kier alpha value is -1.92. The average molecular weight is 559 g/mol.